The molecule has 0 unspecified atom stereocenters. The van der Waals surface area contributed by atoms with E-state index in [4.69, 9.17) is 17.3 Å². The third kappa shape index (κ3) is 2.19. The quantitative estimate of drug-likeness (QED) is 0.792. The normalized spacial score (nSPS) is 13.5. The molecule has 22 heavy (non-hydrogen) atoms. The molecule has 3 N–H and O–H groups in total. The van der Waals surface area contributed by atoms with Gasteiger partial charge in [-0.05, 0) is 17.7 Å². The van der Waals surface area contributed by atoms with Crippen molar-refractivity contribution in [3.63, 3.8) is 0 Å². The Hall–Kier alpha value is -2.23. The average molecular weight is 321 g/mol. The molecule has 0 atom stereocenters. The fourth-order valence-corrected chi connectivity index (χ4v) is 2.80. The number of halogens is 3. The lowest BCUT2D eigenvalue weighted by molar-refractivity contribution is 0.585. The maximum atomic E-state index is 14.4. The molecule has 0 saturated heterocycles. The maximum absolute atomic E-state index is 14.4. The standard InChI is InChI=1S/C15H11ClF2N4/c16-13-10(17)2-1-7(14(13)18)12-8(5-19)15(20)22-11-3-4-21-6-9(11)12/h1-2,21H,3-4,6H2,(H2,20,22). The lowest BCUT2D eigenvalue weighted by Gasteiger charge is -2.22. The van der Waals surface area contributed by atoms with Crippen LogP contribution in [0.4, 0.5) is 14.6 Å². The molecule has 1 aliphatic heterocycles. The first-order valence-electron chi connectivity index (χ1n) is 6.60. The number of nitrogens with two attached hydrogens (primary N) is 1. The van der Waals surface area contributed by atoms with Gasteiger partial charge in [-0.3, -0.25) is 0 Å². The van der Waals surface area contributed by atoms with Crippen LogP contribution in [0.1, 0.15) is 16.8 Å². The van der Waals surface area contributed by atoms with E-state index in [0.717, 1.165) is 12.6 Å². The van der Waals surface area contributed by atoms with E-state index < -0.39 is 16.7 Å². The Morgan fingerprint density at radius 3 is 2.86 bits per heavy atom. The van der Waals surface area contributed by atoms with Crippen molar-refractivity contribution in [3.8, 4) is 17.2 Å². The van der Waals surface area contributed by atoms with Crippen LogP contribution < -0.4 is 11.1 Å². The predicted octanol–water partition coefficient (Wildman–Crippen LogP) is 2.78. The van der Waals surface area contributed by atoms with E-state index in [1.165, 1.54) is 6.07 Å². The number of hydrogen-bond acceptors (Lipinski definition) is 4. The molecule has 1 aromatic heterocycles. The summed E-state index contributed by atoms with van der Waals surface area (Å²) in [4.78, 5) is 4.23. The highest BCUT2D eigenvalue weighted by Crippen LogP contribution is 2.37. The van der Waals surface area contributed by atoms with Crippen molar-refractivity contribution in [3.05, 3.63) is 45.6 Å². The molecule has 1 aromatic carbocycles. The molecule has 0 amide bonds. The first-order chi connectivity index (χ1) is 10.5. The highest BCUT2D eigenvalue weighted by atomic mass is 35.5. The van der Waals surface area contributed by atoms with Crippen LogP contribution in [0.3, 0.4) is 0 Å². The van der Waals surface area contributed by atoms with E-state index in [2.05, 4.69) is 10.3 Å². The number of hydrogen-bond donors (Lipinski definition) is 2. The molecule has 0 fully saturated rings. The van der Waals surface area contributed by atoms with Gasteiger partial charge in [0.1, 0.15) is 28.3 Å². The molecular formula is C15H11ClF2N4. The Morgan fingerprint density at radius 1 is 1.36 bits per heavy atom. The predicted molar refractivity (Wildman–Crippen MR) is 79.1 cm³/mol. The van der Waals surface area contributed by atoms with Crippen molar-refractivity contribution in [2.24, 2.45) is 0 Å². The van der Waals surface area contributed by atoms with Crippen LogP contribution in [0.5, 0.6) is 0 Å². The summed E-state index contributed by atoms with van der Waals surface area (Å²) < 4.78 is 27.8. The summed E-state index contributed by atoms with van der Waals surface area (Å²) in [6.45, 7) is 1.15. The van der Waals surface area contributed by atoms with Gasteiger partial charge in [0.25, 0.3) is 0 Å². The van der Waals surface area contributed by atoms with E-state index in [-0.39, 0.29) is 16.9 Å². The Kier molecular flexibility index (Phi) is 3.69. The van der Waals surface area contributed by atoms with Crippen molar-refractivity contribution >= 4 is 17.4 Å². The summed E-state index contributed by atoms with van der Waals surface area (Å²) in [6, 6.07) is 4.29. The van der Waals surface area contributed by atoms with Gasteiger partial charge < -0.3 is 11.1 Å². The number of fused-ring (bicyclic) bond motifs is 1. The molecule has 112 valence electrons. The molecule has 7 heteroatoms. The number of rotatable bonds is 1. The van der Waals surface area contributed by atoms with Crippen LogP contribution in [0.15, 0.2) is 12.1 Å². The summed E-state index contributed by atoms with van der Waals surface area (Å²) in [5, 5.41) is 11.9. The third-order valence-electron chi connectivity index (χ3n) is 3.67. The largest absolute Gasteiger partial charge is 0.383 e. The second-order valence-corrected chi connectivity index (χ2v) is 5.31. The van der Waals surface area contributed by atoms with Crippen LogP contribution in [0.25, 0.3) is 11.1 Å². The summed E-state index contributed by atoms with van der Waals surface area (Å²) >= 11 is 5.66. The number of nitrogens with one attached hydrogen (secondary N) is 1. The minimum Gasteiger partial charge on any atom is -0.383 e. The van der Waals surface area contributed by atoms with Gasteiger partial charge in [0.2, 0.25) is 0 Å². The Morgan fingerprint density at radius 2 is 2.14 bits per heavy atom. The molecular weight excluding hydrogens is 310 g/mol. The number of nitriles is 1. The van der Waals surface area contributed by atoms with E-state index in [9.17, 15) is 14.0 Å². The van der Waals surface area contributed by atoms with E-state index in [0.29, 0.717) is 29.8 Å². The van der Waals surface area contributed by atoms with Crippen LogP contribution in [0.2, 0.25) is 5.02 Å². The van der Waals surface area contributed by atoms with Gasteiger partial charge in [-0.15, -0.1) is 0 Å². The number of anilines is 1. The van der Waals surface area contributed by atoms with Gasteiger partial charge in [0.15, 0.2) is 5.82 Å². The smallest absolute Gasteiger partial charge is 0.152 e. The fraction of sp³-hybridized carbons (Fsp3) is 0.200. The van der Waals surface area contributed by atoms with Gasteiger partial charge in [0, 0.05) is 36.3 Å². The molecule has 0 saturated carbocycles. The topological polar surface area (TPSA) is 74.7 Å². The van der Waals surface area contributed by atoms with Crippen molar-refractivity contribution in [1.82, 2.24) is 10.3 Å². The van der Waals surface area contributed by atoms with Crippen molar-refractivity contribution < 1.29 is 8.78 Å². The van der Waals surface area contributed by atoms with E-state index in [1.807, 2.05) is 6.07 Å². The number of nitrogens with zero attached hydrogens (tertiary/aromatic N) is 2. The number of aromatic nitrogens is 1. The first kappa shape index (κ1) is 14.7. The van der Waals surface area contributed by atoms with Gasteiger partial charge in [-0.1, -0.05) is 11.6 Å². The number of nitrogen functional groups attached to an aromatic ring is 1. The Labute approximate surface area is 130 Å². The maximum Gasteiger partial charge on any atom is 0.152 e. The zero-order chi connectivity index (χ0) is 15.9. The van der Waals surface area contributed by atoms with E-state index in [1.54, 1.807) is 0 Å². The summed E-state index contributed by atoms with van der Waals surface area (Å²) in [6.07, 6.45) is 0.620. The molecule has 0 radical (unpaired) electrons. The molecule has 2 heterocycles. The highest BCUT2D eigenvalue weighted by Gasteiger charge is 2.25. The van der Waals surface area contributed by atoms with Crippen molar-refractivity contribution in [2.45, 2.75) is 13.0 Å². The van der Waals surface area contributed by atoms with Gasteiger partial charge in [-0.25, -0.2) is 13.8 Å². The van der Waals surface area contributed by atoms with Crippen LogP contribution in [-0.4, -0.2) is 11.5 Å². The third-order valence-corrected chi connectivity index (χ3v) is 4.01. The lowest BCUT2D eigenvalue weighted by Crippen LogP contribution is -2.26. The SMILES string of the molecule is N#Cc1c(N)nc2c(c1-c1ccc(F)c(Cl)c1F)CNCC2. The summed E-state index contributed by atoms with van der Waals surface area (Å²) in [7, 11) is 0. The average Bonchev–Trinajstić information content (AvgIpc) is 2.52. The zero-order valence-electron chi connectivity index (χ0n) is 11.4. The monoisotopic (exact) mass is 320 g/mol. The second-order valence-electron chi connectivity index (χ2n) is 4.93. The lowest BCUT2D eigenvalue weighted by atomic mass is 9.91. The zero-order valence-corrected chi connectivity index (χ0v) is 12.1. The minimum atomic E-state index is -0.906. The van der Waals surface area contributed by atoms with Gasteiger partial charge in [0.05, 0.1) is 0 Å². The highest BCUT2D eigenvalue weighted by molar-refractivity contribution is 6.31. The Bertz CT molecular complexity index is 814. The van der Waals surface area contributed by atoms with Crippen molar-refractivity contribution in [1.29, 1.82) is 5.26 Å². The van der Waals surface area contributed by atoms with Crippen LogP contribution in [-0.2, 0) is 13.0 Å². The number of pyridine rings is 1. The summed E-state index contributed by atoms with van der Waals surface area (Å²) in [5.41, 5.74) is 7.69. The molecule has 2 aromatic rings. The number of benzene rings is 1. The van der Waals surface area contributed by atoms with Crippen LogP contribution in [0, 0.1) is 23.0 Å². The van der Waals surface area contributed by atoms with Crippen LogP contribution >= 0.6 is 11.6 Å². The fourth-order valence-electron chi connectivity index (χ4n) is 2.64. The van der Waals surface area contributed by atoms with Gasteiger partial charge >= 0.3 is 0 Å². The van der Waals surface area contributed by atoms with E-state index >= 15 is 0 Å². The van der Waals surface area contributed by atoms with Crippen molar-refractivity contribution in [2.75, 3.05) is 12.3 Å². The second kappa shape index (κ2) is 5.52. The molecule has 4 nitrogen and oxygen atoms in total. The molecule has 0 aliphatic carbocycles. The van der Waals surface area contributed by atoms with Gasteiger partial charge in [-0.2, -0.15) is 5.26 Å². The molecule has 0 spiro atoms. The minimum absolute atomic E-state index is 0.0398. The first-order valence-corrected chi connectivity index (χ1v) is 6.98. The molecule has 1 aliphatic rings. The molecule has 0 bridgehead atoms. The molecule has 3 rings (SSSR count). The summed E-state index contributed by atoms with van der Waals surface area (Å²) in [5.74, 6) is -1.72. The Balaban J connectivity index is 2.38.